The van der Waals surface area contributed by atoms with Gasteiger partial charge in [0, 0.05) is 5.56 Å². The summed E-state index contributed by atoms with van der Waals surface area (Å²) >= 11 is 0. The quantitative estimate of drug-likeness (QED) is 0.678. The molecule has 0 N–H and O–H groups in total. The lowest BCUT2D eigenvalue weighted by Gasteiger charge is -2.25. The van der Waals surface area contributed by atoms with Crippen LogP contribution in [0.2, 0.25) is 0 Å². The van der Waals surface area contributed by atoms with Crippen molar-refractivity contribution in [1.82, 2.24) is 0 Å². The van der Waals surface area contributed by atoms with Crippen molar-refractivity contribution in [2.24, 2.45) is 0 Å². The SMILES string of the molecule is O=C1C=Cc2ccc(F)c(F)c2C1(F)CF. The van der Waals surface area contributed by atoms with E-state index in [-0.39, 0.29) is 5.56 Å². The molecule has 0 heterocycles. The molecule has 1 aromatic rings. The van der Waals surface area contributed by atoms with Gasteiger partial charge < -0.3 is 0 Å². The molecule has 0 saturated heterocycles. The molecule has 0 amide bonds. The lowest BCUT2D eigenvalue weighted by atomic mass is 9.84. The van der Waals surface area contributed by atoms with Gasteiger partial charge >= 0.3 is 0 Å². The molecule has 16 heavy (non-hydrogen) atoms. The Morgan fingerprint density at radius 3 is 2.50 bits per heavy atom. The highest BCUT2D eigenvalue weighted by Crippen LogP contribution is 2.37. The third-order valence-electron chi connectivity index (χ3n) is 2.51. The van der Waals surface area contributed by atoms with Crippen LogP contribution in [0.25, 0.3) is 6.08 Å². The number of halogens is 4. The second-order valence-corrected chi connectivity index (χ2v) is 3.46. The summed E-state index contributed by atoms with van der Waals surface area (Å²) in [5.41, 5.74) is -4.00. The number of hydrogen-bond donors (Lipinski definition) is 0. The summed E-state index contributed by atoms with van der Waals surface area (Å²) in [5, 5.41) is 0. The van der Waals surface area contributed by atoms with Gasteiger partial charge in [-0.2, -0.15) is 0 Å². The highest BCUT2D eigenvalue weighted by Gasteiger charge is 2.45. The topological polar surface area (TPSA) is 17.1 Å². The van der Waals surface area contributed by atoms with E-state index in [4.69, 9.17) is 0 Å². The molecule has 0 fully saturated rings. The smallest absolute Gasteiger partial charge is 0.229 e. The van der Waals surface area contributed by atoms with Gasteiger partial charge in [-0.15, -0.1) is 0 Å². The van der Waals surface area contributed by atoms with Crippen LogP contribution in [0.5, 0.6) is 0 Å². The summed E-state index contributed by atoms with van der Waals surface area (Å²) in [5.74, 6) is -4.04. The van der Waals surface area contributed by atoms with Crippen LogP contribution < -0.4 is 0 Å². The fourth-order valence-corrected chi connectivity index (χ4v) is 1.66. The third kappa shape index (κ3) is 1.27. The van der Waals surface area contributed by atoms with E-state index < -0.39 is 35.3 Å². The zero-order chi connectivity index (χ0) is 11.9. The van der Waals surface area contributed by atoms with E-state index in [0.29, 0.717) is 0 Å². The fourth-order valence-electron chi connectivity index (χ4n) is 1.66. The van der Waals surface area contributed by atoms with Crippen molar-refractivity contribution in [3.8, 4) is 0 Å². The van der Waals surface area contributed by atoms with Crippen molar-refractivity contribution in [2.75, 3.05) is 6.67 Å². The Labute approximate surface area is 88.4 Å². The van der Waals surface area contributed by atoms with E-state index in [9.17, 15) is 22.4 Å². The third-order valence-corrected chi connectivity index (χ3v) is 2.51. The minimum atomic E-state index is -3.11. The van der Waals surface area contributed by atoms with Crippen molar-refractivity contribution in [2.45, 2.75) is 5.67 Å². The number of ketones is 1. The predicted molar refractivity (Wildman–Crippen MR) is 49.2 cm³/mol. The van der Waals surface area contributed by atoms with E-state index in [0.717, 1.165) is 24.3 Å². The average molecular weight is 230 g/mol. The molecule has 2 rings (SSSR count). The van der Waals surface area contributed by atoms with Crippen LogP contribution in [-0.4, -0.2) is 12.5 Å². The molecule has 1 unspecified atom stereocenters. The van der Waals surface area contributed by atoms with Crippen molar-refractivity contribution < 1.29 is 22.4 Å². The number of fused-ring (bicyclic) bond motifs is 1. The second-order valence-electron chi connectivity index (χ2n) is 3.46. The van der Waals surface area contributed by atoms with Gasteiger partial charge in [0.25, 0.3) is 0 Å². The lowest BCUT2D eigenvalue weighted by molar-refractivity contribution is -0.127. The van der Waals surface area contributed by atoms with Crippen LogP contribution in [0.1, 0.15) is 11.1 Å². The van der Waals surface area contributed by atoms with E-state index in [1.807, 2.05) is 0 Å². The van der Waals surface area contributed by atoms with E-state index in [1.165, 1.54) is 0 Å². The minimum Gasteiger partial charge on any atom is -0.291 e. The molecule has 5 heteroatoms. The van der Waals surface area contributed by atoms with E-state index in [1.54, 1.807) is 0 Å². The molecule has 0 aromatic heterocycles. The maximum Gasteiger partial charge on any atom is 0.229 e. The summed E-state index contributed by atoms with van der Waals surface area (Å²) in [6, 6.07) is 1.90. The molecule has 1 aromatic carbocycles. The van der Waals surface area contributed by atoms with Crippen LogP contribution in [-0.2, 0) is 10.5 Å². The van der Waals surface area contributed by atoms with Gasteiger partial charge in [0.05, 0.1) is 0 Å². The van der Waals surface area contributed by atoms with Gasteiger partial charge in [-0.3, -0.25) is 4.79 Å². The molecular formula is C11H6F4O. The first-order chi connectivity index (χ1) is 7.50. The van der Waals surface area contributed by atoms with Crippen LogP contribution in [0.3, 0.4) is 0 Å². The van der Waals surface area contributed by atoms with Gasteiger partial charge in [-0.05, 0) is 17.7 Å². The summed E-state index contributed by atoms with van der Waals surface area (Å²) in [7, 11) is 0. The number of hydrogen-bond acceptors (Lipinski definition) is 1. The summed E-state index contributed by atoms with van der Waals surface area (Å²) in [6.07, 6.45) is 1.95. The number of allylic oxidation sites excluding steroid dienone is 1. The van der Waals surface area contributed by atoms with Gasteiger partial charge in [0.1, 0.15) is 6.67 Å². The molecule has 84 valence electrons. The second kappa shape index (κ2) is 3.43. The first-order valence-electron chi connectivity index (χ1n) is 4.46. The van der Waals surface area contributed by atoms with Crippen LogP contribution in [0.15, 0.2) is 18.2 Å². The number of alkyl halides is 2. The highest BCUT2D eigenvalue weighted by atomic mass is 19.2. The number of benzene rings is 1. The van der Waals surface area contributed by atoms with Crippen LogP contribution in [0.4, 0.5) is 17.6 Å². The average Bonchev–Trinajstić information content (AvgIpc) is 2.28. The van der Waals surface area contributed by atoms with Crippen molar-refractivity contribution >= 4 is 11.9 Å². The highest BCUT2D eigenvalue weighted by molar-refractivity contribution is 6.04. The largest absolute Gasteiger partial charge is 0.291 e. The summed E-state index contributed by atoms with van der Waals surface area (Å²) < 4.78 is 52.8. The standard InChI is InChI=1S/C11H6F4O/c12-5-11(15)8(16)4-2-6-1-3-7(13)10(14)9(6)11/h1-4H,5H2. The maximum absolute atomic E-state index is 13.9. The molecule has 0 radical (unpaired) electrons. The Bertz CT molecular complexity index is 495. The number of carbonyl (C=O) groups excluding carboxylic acids is 1. The number of carbonyl (C=O) groups is 1. The minimum absolute atomic E-state index is 0.0290. The van der Waals surface area contributed by atoms with Gasteiger partial charge in [-0.25, -0.2) is 17.6 Å². The maximum atomic E-state index is 13.9. The Kier molecular flexibility index (Phi) is 2.33. The molecule has 0 saturated carbocycles. The Morgan fingerprint density at radius 2 is 1.88 bits per heavy atom. The first kappa shape index (κ1) is 10.9. The Morgan fingerprint density at radius 1 is 1.19 bits per heavy atom. The predicted octanol–water partition coefficient (Wildman–Crippen LogP) is 2.70. The number of rotatable bonds is 1. The van der Waals surface area contributed by atoms with Crippen molar-refractivity contribution in [3.05, 3.63) is 41.0 Å². The first-order valence-corrected chi connectivity index (χ1v) is 4.46. The monoisotopic (exact) mass is 230 g/mol. The zero-order valence-corrected chi connectivity index (χ0v) is 7.94. The van der Waals surface area contributed by atoms with E-state index >= 15 is 0 Å². The van der Waals surface area contributed by atoms with Crippen molar-refractivity contribution in [3.63, 3.8) is 0 Å². The molecule has 0 aliphatic heterocycles. The zero-order valence-electron chi connectivity index (χ0n) is 7.94. The van der Waals surface area contributed by atoms with Gasteiger partial charge in [0.15, 0.2) is 17.4 Å². The summed E-state index contributed by atoms with van der Waals surface area (Å²) in [4.78, 5) is 11.2. The molecule has 0 bridgehead atoms. The summed E-state index contributed by atoms with van der Waals surface area (Å²) in [6.45, 7) is -1.72. The molecule has 1 aliphatic rings. The van der Waals surface area contributed by atoms with Crippen molar-refractivity contribution in [1.29, 1.82) is 0 Å². The van der Waals surface area contributed by atoms with E-state index in [2.05, 4.69) is 0 Å². The fraction of sp³-hybridized carbons (Fsp3) is 0.182. The van der Waals surface area contributed by atoms with Gasteiger partial charge in [-0.1, -0.05) is 12.1 Å². The normalized spacial score (nSPS) is 23.4. The molecule has 1 aliphatic carbocycles. The molecule has 0 spiro atoms. The van der Waals surface area contributed by atoms with Gasteiger partial charge in [0.2, 0.25) is 5.67 Å². The van der Waals surface area contributed by atoms with Crippen LogP contribution >= 0.6 is 0 Å². The molecule has 1 nitrogen and oxygen atoms in total. The molecular weight excluding hydrogens is 224 g/mol. The van der Waals surface area contributed by atoms with Crippen LogP contribution in [0, 0.1) is 11.6 Å². The Hall–Kier alpha value is -1.65. The lowest BCUT2D eigenvalue weighted by Crippen LogP contribution is -2.36. The Balaban J connectivity index is 2.78. The molecule has 1 atom stereocenters.